The summed E-state index contributed by atoms with van der Waals surface area (Å²) in [4.78, 5) is 67.9. The molecular formula is C100H105Cl3N12O11S3. The summed E-state index contributed by atoms with van der Waals surface area (Å²) in [6.07, 6.45) is -0.596. The second kappa shape index (κ2) is 37.0. The number of carboxylic acid groups (broad SMARTS) is 2. The summed E-state index contributed by atoms with van der Waals surface area (Å²) in [7, 11) is 7.33. The number of hydrogen-bond acceptors (Lipinski definition) is 20. The molecule has 1 amide bonds. The molecule has 670 valence electrons. The molecule has 9 aromatic carbocycles. The van der Waals surface area contributed by atoms with E-state index in [2.05, 4.69) is 65.2 Å². The first-order valence-corrected chi connectivity index (χ1v) is 46.9. The molecule has 9 heterocycles. The first kappa shape index (κ1) is 91.7. The van der Waals surface area contributed by atoms with Crippen LogP contribution >= 0.6 is 68.8 Å². The van der Waals surface area contributed by atoms with Gasteiger partial charge in [0.05, 0.1) is 94.8 Å². The molecule has 6 aromatic heterocycles. The van der Waals surface area contributed by atoms with Gasteiger partial charge in [-0.2, -0.15) is 15.3 Å². The van der Waals surface area contributed by atoms with E-state index in [4.69, 9.17) is 88.7 Å². The van der Waals surface area contributed by atoms with Gasteiger partial charge in [0.2, 0.25) is 0 Å². The van der Waals surface area contributed by atoms with E-state index in [0.717, 1.165) is 208 Å². The van der Waals surface area contributed by atoms with Crippen LogP contribution in [0.1, 0.15) is 175 Å². The number of rotatable bonds is 19. The van der Waals surface area contributed by atoms with Crippen LogP contribution in [0.3, 0.4) is 0 Å². The molecule has 3 aliphatic heterocycles. The Morgan fingerprint density at radius 1 is 0.457 bits per heavy atom. The molecule has 0 aliphatic carbocycles. The first-order valence-electron chi connectivity index (χ1n) is 43.3. The summed E-state index contributed by atoms with van der Waals surface area (Å²) in [5, 5.41) is 50.0. The van der Waals surface area contributed by atoms with Gasteiger partial charge in [0.15, 0.2) is 18.3 Å². The number of aromatic nitrogens is 9. The van der Waals surface area contributed by atoms with Crippen molar-refractivity contribution < 1.29 is 53.1 Å². The summed E-state index contributed by atoms with van der Waals surface area (Å²) >= 11 is 23.5. The quantitative estimate of drug-likeness (QED) is 0.0548. The summed E-state index contributed by atoms with van der Waals surface area (Å²) in [6, 6.07) is 47.7. The van der Waals surface area contributed by atoms with Gasteiger partial charge >= 0.3 is 24.0 Å². The van der Waals surface area contributed by atoms with Crippen molar-refractivity contribution >= 4 is 156 Å². The zero-order valence-electron chi connectivity index (χ0n) is 75.3. The highest BCUT2D eigenvalue weighted by atomic mass is 35.5. The highest BCUT2D eigenvalue weighted by Gasteiger charge is 2.39. The predicted molar refractivity (Wildman–Crippen MR) is 518 cm³/mol. The zero-order chi connectivity index (χ0) is 91.7. The van der Waals surface area contributed by atoms with Gasteiger partial charge in [-0.3, -0.25) is 14.0 Å². The number of esters is 1. The molecule has 3 aliphatic rings. The lowest BCUT2D eigenvalue weighted by Crippen LogP contribution is -2.29. The maximum absolute atomic E-state index is 13.4. The van der Waals surface area contributed by atoms with Crippen LogP contribution < -0.4 is 10.6 Å². The maximum atomic E-state index is 13.4. The van der Waals surface area contributed by atoms with E-state index in [-0.39, 0.29) is 18.6 Å². The molecule has 18 rings (SSSR count). The minimum absolute atomic E-state index is 0.0934. The molecule has 3 fully saturated rings. The van der Waals surface area contributed by atoms with Crippen LogP contribution in [0.2, 0.25) is 15.1 Å². The van der Waals surface area contributed by atoms with Crippen molar-refractivity contribution in [2.45, 2.75) is 162 Å². The molecule has 0 saturated carbocycles. The number of ether oxygens (including phenoxy) is 5. The van der Waals surface area contributed by atoms with Crippen LogP contribution in [-0.4, -0.2) is 153 Å². The Bertz CT molecular complexity index is 6820. The zero-order valence-corrected chi connectivity index (χ0v) is 80.0. The van der Waals surface area contributed by atoms with Crippen molar-refractivity contribution in [2.24, 2.45) is 21.1 Å². The van der Waals surface area contributed by atoms with Crippen molar-refractivity contribution in [3.63, 3.8) is 0 Å². The highest BCUT2D eigenvalue weighted by molar-refractivity contribution is 7.23. The summed E-state index contributed by atoms with van der Waals surface area (Å²) in [6.45, 7) is 30.0. The molecule has 29 heteroatoms. The minimum Gasteiger partial charge on any atom is -0.479 e. The molecule has 4 N–H and O–H groups in total. The monoisotopic (exact) mass is 1850 g/mol. The van der Waals surface area contributed by atoms with Crippen molar-refractivity contribution in [3.8, 4) is 65.1 Å². The third kappa shape index (κ3) is 19.2. The lowest BCUT2D eigenvalue weighted by Gasteiger charge is -2.29. The SMILES string of the molecule is CCOC(=O)[C@@H](OC(C)(C)C)c1c(C)cc2nc(-c3ccc4c(c3)c(C3CCNC3)nn4C)sc2c1-c1ccc(Cl)cc1.COC(=O)N1CCC(c2nn(C)c3ccc(-c4nc5cc(C)c([C@H](OC(C)(C)C)C(=O)O)c(-c6ccc(Cl)cc6)c5s4)cc23)C1.Cc1cc2nc(-c3ccc4c(c3)c(C3CCNC3)nn4C)sc2c(-c2ccc(Cl)cc2)c1[C@H](OC(C)(C)C)C(=O)O. The minimum atomic E-state index is -1.18. The second-order valence-corrected chi connectivity index (χ2v) is 40.6. The molecule has 3 saturated heterocycles. The fraction of sp³-hybridized carbons (Fsp3) is 0.360. The number of hydrogen-bond donors (Lipinski definition) is 4. The number of nitrogens with one attached hydrogen (secondary N) is 2. The van der Waals surface area contributed by atoms with Gasteiger partial charge in [0.1, 0.15) is 15.0 Å². The number of benzene rings is 9. The van der Waals surface area contributed by atoms with E-state index in [1.807, 2.05) is 204 Å². The summed E-state index contributed by atoms with van der Waals surface area (Å²) in [5.41, 5.74) is 19.6. The van der Waals surface area contributed by atoms with Gasteiger partial charge in [-0.15, -0.1) is 34.0 Å². The molecule has 129 heavy (non-hydrogen) atoms. The lowest BCUT2D eigenvalue weighted by atomic mass is 9.91. The molecule has 0 bridgehead atoms. The largest absolute Gasteiger partial charge is 0.479 e. The molecule has 0 spiro atoms. The summed E-state index contributed by atoms with van der Waals surface area (Å²) in [5.74, 6) is -1.61. The van der Waals surface area contributed by atoms with Gasteiger partial charge in [-0.05, 0) is 265 Å². The molecule has 3 unspecified atom stereocenters. The molecule has 23 nitrogen and oxygen atoms in total. The maximum Gasteiger partial charge on any atom is 0.409 e. The lowest BCUT2D eigenvalue weighted by molar-refractivity contribution is -0.166. The van der Waals surface area contributed by atoms with Crippen LogP contribution in [0.4, 0.5) is 4.79 Å². The number of methoxy groups -OCH3 is 1. The smallest absolute Gasteiger partial charge is 0.409 e. The van der Waals surface area contributed by atoms with Crippen LogP contribution in [0.15, 0.2) is 146 Å². The van der Waals surface area contributed by atoms with Gasteiger partial charge in [-0.1, -0.05) is 71.2 Å². The Labute approximate surface area is 776 Å². The number of amides is 1. The Balaban J connectivity index is 0.000000142. The van der Waals surface area contributed by atoms with Gasteiger partial charge in [-0.25, -0.2) is 34.1 Å². The van der Waals surface area contributed by atoms with Crippen molar-refractivity contribution in [2.75, 3.05) is 53.0 Å². The van der Waals surface area contributed by atoms with E-state index in [1.165, 1.54) is 23.8 Å². The van der Waals surface area contributed by atoms with E-state index in [9.17, 15) is 29.4 Å². The fourth-order valence-corrected chi connectivity index (χ4v) is 21.7. The third-order valence-corrected chi connectivity index (χ3v) is 27.8. The predicted octanol–water partition coefficient (Wildman–Crippen LogP) is 23.4. The topological polar surface area (TPSA) is 274 Å². The average Bonchev–Trinajstić information content (AvgIpc) is 1.62. The number of thiazole rings is 3. The third-order valence-electron chi connectivity index (χ3n) is 23.6. The summed E-state index contributed by atoms with van der Waals surface area (Å²) < 4.78 is 37.8. The number of aryl methyl sites for hydroxylation is 6. The number of fused-ring (bicyclic) bond motifs is 6. The first-order chi connectivity index (χ1) is 61.4. The number of carbonyl (C=O) groups excluding carboxylic acids is 2. The normalized spacial score (nSPS) is 16.3. The Hall–Kier alpha value is -10.6. The molecule has 6 atom stereocenters. The van der Waals surface area contributed by atoms with E-state index >= 15 is 0 Å². The van der Waals surface area contributed by atoms with Crippen LogP contribution in [0, 0.1) is 20.8 Å². The Morgan fingerprint density at radius 3 is 1.08 bits per heavy atom. The number of halogens is 3. The van der Waals surface area contributed by atoms with Crippen LogP contribution in [0.5, 0.6) is 0 Å². The van der Waals surface area contributed by atoms with E-state index in [0.29, 0.717) is 51.1 Å². The molecule has 15 aromatic rings. The molecule has 0 radical (unpaired) electrons. The van der Waals surface area contributed by atoms with Crippen molar-refractivity contribution in [1.82, 2.24) is 59.8 Å². The van der Waals surface area contributed by atoms with Gasteiger partial charge in [0.25, 0.3) is 0 Å². The van der Waals surface area contributed by atoms with Gasteiger partial charge < -0.3 is 49.4 Å². The Kier molecular flexibility index (Phi) is 26.3. The number of aliphatic carboxylic acids is 2. The standard InChI is InChI=1S/C34H35ClN4O5S.C34H37ClN4O3S.C32H33ClN4O3S/c1-18-15-24-30(27(19-7-10-22(35)11-8-19)26(18)29(32(40)41)44-34(2,3)4)45-31(36-24)20-9-12-25-23(16-20)28(37-38(25)5)21-13-14-39(17-21)33(42)43-6;1-7-41-33(40)30(42-34(3,4)5)27-19(2)16-25-31(28(27)20-8-11-23(35)12-9-20)43-32(37-25)21-10-13-26-24(17-21)29(38-39(26)6)22-14-15-36-18-22;1-17-14-23-29(26(18-6-9-21(33)10-7-18)25(17)28(31(38)39)40-32(2,3)4)41-30(35-23)19-8-11-24-22(15-19)27(36-37(24)5)20-12-13-34-16-20/h7-12,15-16,21,29H,13-14,17H2,1-6H3,(H,40,41);8-13,16-17,22,30,36H,7,14-15,18H2,1-6H3;6-11,14-15,20,28,34H,12-13,16H2,1-5H3,(H,38,39)/t21?,29-;22?,30-;20?,28-/m000/s1. The van der Waals surface area contributed by atoms with E-state index in [1.54, 1.807) is 39.7 Å². The fourth-order valence-electron chi connectivity index (χ4n) is 17.9. The highest BCUT2D eigenvalue weighted by Crippen LogP contribution is 2.51. The number of carbonyl (C=O) groups is 4. The molecular weight excluding hydrogens is 1750 g/mol. The van der Waals surface area contributed by atoms with E-state index < -0.39 is 53.0 Å². The van der Waals surface area contributed by atoms with Gasteiger partial charge in [0, 0.05) is 146 Å². The number of likely N-dealkylation sites (tertiary alicyclic amines) is 1. The van der Waals surface area contributed by atoms with Crippen LogP contribution in [-0.2, 0) is 59.2 Å². The number of nitrogens with zero attached hydrogens (tertiary/aromatic N) is 10. The van der Waals surface area contributed by atoms with Crippen molar-refractivity contribution in [3.05, 3.63) is 211 Å². The number of carboxylic acids is 2. The van der Waals surface area contributed by atoms with Crippen molar-refractivity contribution in [1.29, 1.82) is 0 Å². The average molecular weight is 1850 g/mol. The Morgan fingerprint density at radius 2 is 0.775 bits per heavy atom. The second-order valence-electron chi connectivity index (χ2n) is 36.3. The van der Waals surface area contributed by atoms with Crippen LogP contribution in [0.25, 0.3) is 128 Å².